The molecular formula is C12H12BrN3O. The van der Waals surface area contributed by atoms with E-state index in [1.165, 1.54) is 0 Å². The first-order chi connectivity index (χ1) is 8.25. The Balaban J connectivity index is 2.22. The van der Waals surface area contributed by atoms with Crippen LogP contribution in [-0.2, 0) is 0 Å². The van der Waals surface area contributed by atoms with E-state index in [-0.39, 0.29) is 5.56 Å². The molecule has 2 heterocycles. The zero-order valence-electron chi connectivity index (χ0n) is 9.16. The van der Waals surface area contributed by atoms with Gasteiger partial charge in [0.25, 0.3) is 5.56 Å². The molecule has 1 atom stereocenters. The van der Waals surface area contributed by atoms with Crippen LogP contribution < -0.4 is 10.9 Å². The Morgan fingerprint density at radius 3 is 3.06 bits per heavy atom. The molecule has 1 fully saturated rings. The standard InChI is InChI=1S/C12H12BrN3O/c13-9-3-1-2-8-10(9)15-11(16-12(8)17)7-4-5-14-6-7/h1-3,7,14H,4-6H2,(H,15,16,17). The number of fused-ring (bicyclic) bond motifs is 1. The van der Waals surface area contributed by atoms with Crippen LogP contribution in [0.15, 0.2) is 27.5 Å². The van der Waals surface area contributed by atoms with Crippen LogP contribution in [0, 0.1) is 0 Å². The van der Waals surface area contributed by atoms with Crippen molar-refractivity contribution in [3.8, 4) is 0 Å². The van der Waals surface area contributed by atoms with Crippen LogP contribution in [-0.4, -0.2) is 23.1 Å². The van der Waals surface area contributed by atoms with Gasteiger partial charge in [-0.2, -0.15) is 0 Å². The number of H-pyrrole nitrogens is 1. The molecule has 2 aromatic rings. The first-order valence-corrected chi connectivity index (χ1v) is 6.44. The maximum atomic E-state index is 12.0. The first kappa shape index (κ1) is 10.9. The summed E-state index contributed by atoms with van der Waals surface area (Å²) in [6.45, 7) is 1.88. The molecule has 1 saturated heterocycles. The van der Waals surface area contributed by atoms with Crippen LogP contribution in [0.3, 0.4) is 0 Å². The van der Waals surface area contributed by atoms with Crippen molar-refractivity contribution in [3.63, 3.8) is 0 Å². The highest BCUT2D eigenvalue weighted by Gasteiger charge is 2.20. The molecule has 1 unspecified atom stereocenters. The second-order valence-electron chi connectivity index (χ2n) is 4.28. The van der Waals surface area contributed by atoms with Crippen molar-refractivity contribution in [2.24, 2.45) is 0 Å². The van der Waals surface area contributed by atoms with Crippen molar-refractivity contribution in [2.45, 2.75) is 12.3 Å². The molecule has 0 radical (unpaired) electrons. The Morgan fingerprint density at radius 1 is 1.41 bits per heavy atom. The zero-order valence-corrected chi connectivity index (χ0v) is 10.8. The Hall–Kier alpha value is -1.20. The van der Waals surface area contributed by atoms with Gasteiger partial charge < -0.3 is 10.3 Å². The molecule has 0 spiro atoms. The molecule has 88 valence electrons. The van der Waals surface area contributed by atoms with Gasteiger partial charge in [0, 0.05) is 16.9 Å². The number of aromatic amines is 1. The Kier molecular flexibility index (Phi) is 2.72. The molecule has 1 aromatic heterocycles. The Morgan fingerprint density at radius 2 is 2.29 bits per heavy atom. The summed E-state index contributed by atoms with van der Waals surface area (Å²) in [4.78, 5) is 19.4. The van der Waals surface area contributed by atoms with Gasteiger partial charge in [-0.3, -0.25) is 4.79 Å². The van der Waals surface area contributed by atoms with Gasteiger partial charge in [0.2, 0.25) is 0 Å². The number of aromatic nitrogens is 2. The second kappa shape index (κ2) is 4.23. The molecule has 1 aliphatic rings. The van der Waals surface area contributed by atoms with E-state index in [4.69, 9.17) is 0 Å². The summed E-state index contributed by atoms with van der Waals surface area (Å²) in [5.74, 6) is 1.11. The predicted octanol–water partition coefficient (Wildman–Crippen LogP) is 1.76. The molecule has 3 rings (SSSR count). The molecule has 4 nitrogen and oxygen atoms in total. The van der Waals surface area contributed by atoms with Crippen LogP contribution in [0.25, 0.3) is 10.9 Å². The fourth-order valence-electron chi connectivity index (χ4n) is 2.23. The van der Waals surface area contributed by atoms with Gasteiger partial charge in [-0.05, 0) is 41.0 Å². The van der Waals surface area contributed by atoms with Gasteiger partial charge in [-0.1, -0.05) is 6.07 Å². The van der Waals surface area contributed by atoms with Gasteiger partial charge in [0.15, 0.2) is 0 Å². The van der Waals surface area contributed by atoms with Crippen molar-refractivity contribution in [1.82, 2.24) is 15.3 Å². The minimum absolute atomic E-state index is 0.0572. The number of nitrogens with zero attached hydrogens (tertiary/aromatic N) is 1. The number of hydrogen-bond donors (Lipinski definition) is 2. The van der Waals surface area contributed by atoms with Crippen molar-refractivity contribution in [1.29, 1.82) is 0 Å². The monoisotopic (exact) mass is 293 g/mol. The topological polar surface area (TPSA) is 57.8 Å². The number of benzene rings is 1. The lowest BCUT2D eigenvalue weighted by atomic mass is 10.1. The molecule has 0 aliphatic carbocycles. The van der Waals surface area contributed by atoms with Crippen molar-refractivity contribution in [2.75, 3.05) is 13.1 Å². The lowest BCUT2D eigenvalue weighted by Gasteiger charge is -2.08. The normalized spacial score (nSPS) is 19.9. The fraction of sp³-hybridized carbons (Fsp3) is 0.333. The predicted molar refractivity (Wildman–Crippen MR) is 70.3 cm³/mol. The minimum Gasteiger partial charge on any atom is -0.316 e. The van der Waals surface area contributed by atoms with Crippen molar-refractivity contribution in [3.05, 3.63) is 38.9 Å². The highest BCUT2D eigenvalue weighted by molar-refractivity contribution is 9.10. The number of halogens is 1. The molecule has 0 saturated carbocycles. The largest absolute Gasteiger partial charge is 0.316 e. The highest BCUT2D eigenvalue weighted by Crippen LogP contribution is 2.23. The summed E-state index contributed by atoms with van der Waals surface area (Å²) in [5, 5.41) is 3.91. The molecule has 5 heteroatoms. The van der Waals surface area contributed by atoms with Crippen LogP contribution in [0.1, 0.15) is 18.2 Å². The third-order valence-corrected chi connectivity index (χ3v) is 3.79. The number of nitrogens with one attached hydrogen (secondary N) is 2. The third-order valence-electron chi connectivity index (χ3n) is 3.15. The molecular weight excluding hydrogens is 282 g/mol. The number of hydrogen-bond acceptors (Lipinski definition) is 3. The fourth-order valence-corrected chi connectivity index (χ4v) is 2.68. The molecule has 2 N–H and O–H groups in total. The quantitative estimate of drug-likeness (QED) is 0.842. The van der Waals surface area contributed by atoms with E-state index < -0.39 is 0 Å². The Bertz CT molecular complexity index is 617. The maximum Gasteiger partial charge on any atom is 0.258 e. The molecule has 0 bridgehead atoms. The van der Waals surface area contributed by atoms with Gasteiger partial charge in [-0.15, -0.1) is 0 Å². The van der Waals surface area contributed by atoms with E-state index in [1.54, 1.807) is 6.07 Å². The smallest absolute Gasteiger partial charge is 0.258 e. The van der Waals surface area contributed by atoms with Crippen LogP contribution in [0.4, 0.5) is 0 Å². The summed E-state index contributed by atoms with van der Waals surface area (Å²) in [7, 11) is 0. The van der Waals surface area contributed by atoms with Crippen molar-refractivity contribution < 1.29 is 0 Å². The zero-order chi connectivity index (χ0) is 11.8. The van der Waals surface area contributed by atoms with Crippen LogP contribution >= 0.6 is 15.9 Å². The molecule has 17 heavy (non-hydrogen) atoms. The van der Waals surface area contributed by atoms with Gasteiger partial charge in [0.1, 0.15) is 5.82 Å². The van der Waals surface area contributed by atoms with Crippen molar-refractivity contribution >= 4 is 26.8 Å². The van der Waals surface area contributed by atoms with E-state index in [0.29, 0.717) is 11.3 Å². The summed E-state index contributed by atoms with van der Waals surface area (Å²) in [5.41, 5.74) is 0.691. The summed E-state index contributed by atoms with van der Waals surface area (Å²) >= 11 is 3.44. The second-order valence-corrected chi connectivity index (χ2v) is 5.13. The lowest BCUT2D eigenvalue weighted by molar-refractivity contribution is 0.703. The van der Waals surface area contributed by atoms with E-state index in [0.717, 1.165) is 35.3 Å². The maximum absolute atomic E-state index is 12.0. The summed E-state index contributed by atoms with van der Waals surface area (Å²) < 4.78 is 0.869. The van der Waals surface area contributed by atoms with Gasteiger partial charge in [-0.25, -0.2) is 4.98 Å². The lowest BCUT2D eigenvalue weighted by Crippen LogP contribution is -2.16. The average molecular weight is 294 g/mol. The first-order valence-electron chi connectivity index (χ1n) is 5.65. The van der Waals surface area contributed by atoms with E-state index in [2.05, 4.69) is 31.2 Å². The van der Waals surface area contributed by atoms with E-state index >= 15 is 0 Å². The molecule has 1 aliphatic heterocycles. The van der Waals surface area contributed by atoms with Gasteiger partial charge >= 0.3 is 0 Å². The summed E-state index contributed by atoms with van der Waals surface area (Å²) in [6.07, 6.45) is 1.03. The molecule has 1 aromatic carbocycles. The third kappa shape index (κ3) is 1.89. The van der Waals surface area contributed by atoms with E-state index in [9.17, 15) is 4.79 Å². The van der Waals surface area contributed by atoms with Gasteiger partial charge in [0.05, 0.1) is 10.9 Å². The van der Waals surface area contributed by atoms with E-state index in [1.807, 2.05) is 12.1 Å². The van der Waals surface area contributed by atoms with Crippen LogP contribution in [0.2, 0.25) is 0 Å². The highest BCUT2D eigenvalue weighted by atomic mass is 79.9. The SMILES string of the molecule is O=c1[nH]c(C2CCNC2)nc2c(Br)cccc12. The Labute approximate surface area is 107 Å². The summed E-state index contributed by atoms with van der Waals surface area (Å²) in [6, 6.07) is 5.55. The average Bonchev–Trinajstić information content (AvgIpc) is 2.84. The number of rotatable bonds is 1. The molecule has 0 amide bonds. The minimum atomic E-state index is -0.0572. The van der Waals surface area contributed by atoms with Crippen LogP contribution in [0.5, 0.6) is 0 Å². The number of para-hydroxylation sites is 1.